The van der Waals surface area contributed by atoms with Crippen LogP contribution in [0.3, 0.4) is 0 Å². The standard InChI is InChI=1S/C14H15BrN2O/c1-16-13(15)12(11-7-8-11)14(18)17(16)9-10-5-3-2-4-6-10/h2-6,11H,7-9H2,1H3. The minimum Gasteiger partial charge on any atom is -0.278 e. The van der Waals surface area contributed by atoms with Gasteiger partial charge in [-0.1, -0.05) is 30.3 Å². The fourth-order valence-corrected chi connectivity index (χ4v) is 2.98. The molecule has 3 nitrogen and oxygen atoms in total. The third kappa shape index (κ3) is 1.94. The van der Waals surface area contributed by atoms with Gasteiger partial charge in [0.25, 0.3) is 5.56 Å². The number of nitrogens with zero attached hydrogens (tertiary/aromatic N) is 2. The van der Waals surface area contributed by atoms with Crippen molar-refractivity contribution < 1.29 is 0 Å². The van der Waals surface area contributed by atoms with Gasteiger partial charge in [-0.05, 0) is 40.3 Å². The van der Waals surface area contributed by atoms with E-state index in [-0.39, 0.29) is 5.56 Å². The normalized spacial score (nSPS) is 15.0. The molecule has 18 heavy (non-hydrogen) atoms. The van der Waals surface area contributed by atoms with Gasteiger partial charge in [-0.3, -0.25) is 9.48 Å². The van der Waals surface area contributed by atoms with Crippen molar-refractivity contribution >= 4 is 15.9 Å². The molecule has 0 radical (unpaired) electrons. The molecule has 1 aromatic carbocycles. The second-order valence-electron chi connectivity index (χ2n) is 4.85. The highest BCUT2D eigenvalue weighted by Crippen LogP contribution is 2.41. The van der Waals surface area contributed by atoms with E-state index in [2.05, 4.69) is 15.9 Å². The quantitative estimate of drug-likeness (QED) is 0.856. The minimum absolute atomic E-state index is 0.149. The molecule has 4 heteroatoms. The fourth-order valence-electron chi connectivity index (χ4n) is 2.29. The summed E-state index contributed by atoms with van der Waals surface area (Å²) in [6, 6.07) is 10.1. The maximum absolute atomic E-state index is 12.4. The van der Waals surface area contributed by atoms with E-state index in [4.69, 9.17) is 0 Å². The highest BCUT2D eigenvalue weighted by atomic mass is 79.9. The third-order valence-corrected chi connectivity index (χ3v) is 4.43. The Morgan fingerprint density at radius 2 is 1.94 bits per heavy atom. The Morgan fingerprint density at radius 3 is 2.56 bits per heavy atom. The van der Waals surface area contributed by atoms with Crippen LogP contribution in [0.2, 0.25) is 0 Å². The summed E-state index contributed by atoms with van der Waals surface area (Å²) >= 11 is 3.55. The van der Waals surface area contributed by atoms with Crippen molar-refractivity contribution in [2.75, 3.05) is 0 Å². The monoisotopic (exact) mass is 306 g/mol. The number of hydrogen-bond acceptors (Lipinski definition) is 1. The van der Waals surface area contributed by atoms with Gasteiger partial charge in [0.05, 0.1) is 12.1 Å². The molecule has 1 aliphatic rings. The lowest BCUT2D eigenvalue weighted by atomic mass is 10.2. The first-order valence-corrected chi connectivity index (χ1v) is 6.97. The van der Waals surface area contributed by atoms with E-state index in [1.54, 1.807) is 4.68 Å². The van der Waals surface area contributed by atoms with Crippen LogP contribution in [0.25, 0.3) is 0 Å². The number of rotatable bonds is 3. The molecule has 0 unspecified atom stereocenters. The van der Waals surface area contributed by atoms with E-state index in [9.17, 15) is 4.79 Å². The molecule has 1 aliphatic carbocycles. The maximum atomic E-state index is 12.4. The Bertz CT molecular complexity index is 623. The topological polar surface area (TPSA) is 26.9 Å². The molecule has 0 N–H and O–H groups in total. The zero-order valence-electron chi connectivity index (χ0n) is 10.3. The molecule has 0 bridgehead atoms. The van der Waals surface area contributed by atoms with E-state index < -0.39 is 0 Å². The first-order valence-electron chi connectivity index (χ1n) is 6.17. The molecule has 1 fully saturated rings. The average Bonchev–Trinajstić information content (AvgIpc) is 3.17. The van der Waals surface area contributed by atoms with Crippen LogP contribution < -0.4 is 5.56 Å². The number of halogens is 1. The van der Waals surface area contributed by atoms with Crippen molar-refractivity contribution in [3.05, 3.63) is 56.4 Å². The summed E-state index contributed by atoms with van der Waals surface area (Å²) < 4.78 is 4.65. The van der Waals surface area contributed by atoms with E-state index in [0.29, 0.717) is 12.5 Å². The van der Waals surface area contributed by atoms with Gasteiger partial charge in [-0.2, -0.15) is 0 Å². The molecule has 1 saturated carbocycles. The van der Waals surface area contributed by atoms with Crippen molar-refractivity contribution in [2.24, 2.45) is 7.05 Å². The zero-order valence-corrected chi connectivity index (χ0v) is 11.9. The van der Waals surface area contributed by atoms with Crippen LogP contribution in [0.5, 0.6) is 0 Å². The molecule has 1 aromatic heterocycles. The Hall–Kier alpha value is -1.29. The van der Waals surface area contributed by atoms with Gasteiger partial charge in [0.1, 0.15) is 4.60 Å². The Morgan fingerprint density at radius 1 is 1.28 bits per heavy atom. The molecule has 0 atom stereocenters. The molecule has 3 rings (SSSR count). The Kier molecular flexibility index (Phi) is 2.90. The van der Waals surface area contributed by atoms with E-state index >= 15 is 0 Å². The van der Waals surface area contributed by atoms with Gasteiger partial charge < -0.3 is 0 Å². The lowest BCUT2D eigenvalue weighted by molar-refractivity contribution is 0.528. The van der Waals surface area contributed by atoms with E-state index in [1.807, 2.05) is 42.1 Å². The Balaban J connectivity index is 2.02. The molecule has 0 aliphatic heterocycles. The van der Waals surface area contributed by atoms with Crippen LogP contribution in [0.4, 0.5) is 0 Å². The summed E-state index contributed by atoms with van der Waals surface area (Å²) in [7, 11) is 1.93. The molecule has 94 valence electrons. The number of aromatic nitrogens is 2. The molecular weight excluding hydrogens is 292 g/mol. The van der Waals surface area contributed by atoms with Crippen LogP contribution in [0, 0.1) is 0 Å². The van der Waals surface area contributed by atoms with E-state index in [0.717, 1.165) is 28.6 Å². The summed E-state index contributed by atoms with van der Waals surface area (Å²) in [6.07, 6.45) is 2.28. The van der Waals surface area contributed by atoms with Gasteiger partial charge in [-0.15, -0.1) is 0 Å². The largest absolute Gasteiger partial charge is 0.278 e. The second kappa shape index (κ2) is 4.43. The smallest absolute Gasteiger partial charge is 0.271 e. The van der Waals surface area contributed by atoms with Crippen LogP contribution in [0.15, 0.2) is 39.7 Å². The number of benzene rings is 1. The van der Waals surface area contributed by atoms with Crippen LogP contribution >= 0.6 is 15.9 Å². The summed E-state index contributed by atoms with van der Waals surface area (Å²) in [4.78, 5) is 12.4. The predicted molar refractivity (Wildman–Crippen MR) is 74.9 cm³/mol. The first-order chi connectivity index (χ1) is 8.68. The molecule has 1 heterocycles. The second-order valence-corrected chi connectivity index (χ2v) is 5.60. The predicted octanol–water partition coefficient (Wildman–Crippen LogP) is 2.88. The van der Waals surface area contributed by atoms with E-state index in [1.165, 1.54) is 0 Å². The zero-order chi connectivity index (χ0) is 12.7. The van der Waals surface area contributed by atoms with Gasteiger partial charge >= 0.3 is 0 Å². The minimum atomic E-state index is 0.149. The van der Waals surface area contributed by atoms with Gasteiger partial charge in [0.15, 0.2) is 0 Å². The molecule has 2 aromatic rings. The summed E-state index contributed by atoms with van der Waals surface area (Å²) in [5.74, 6) is 0.468. The van der Waals surface area contributed by atoms with Crippen molar-refractivity contribution in [2.45, 2.75) is 25.3 Å². The summed E-state index contributed by atoms with van der Waals surface area (Å²) in [5, 5.41) is 0. The lowest BCUT2D eigenvalue weighted by Crippen LogP contribution is -2.23. The lowest BCUT2D eigenvalue weighted by Gasteiger charge is -2.07. The number of hydrogen-bond donors (Lipinski definition) is 0. The van der Waals surface area contributed by atoms with Gasteiger partial charge in [0.2, 0.25) is 0 Å². The average molecular weight is 307 g/mol. The van der Waals surface area contributed by atoms with Crippen molar-refractivity contribution in [1.29, 1.82) is 0 Å². The first kappa shape index (κ1) is 11.8. The molecule has 0 saturated heterocycles. The third-order valence-electron chi connectivity index (χ3n) is 3.49. The van der Waals surface area contributed by atoms with Crippen molar-refractivity contribution in [3.8, 4) is 0 Å². The fraction of sp³-hybridized carbons (Fsp3) is 0.357. The summed E-state index contributed by atoms with van der Waals surface area (Å²) in [5.41, 5.74) is 2.25. The maximum Gasteiger partial charge on any atom is 0.271 e. The van der Waals surface area contributed by atoms with Crippen LogP contribution in [0.1, 0.15) is 29.9 Å². The highest BCUT2D eigenvalue weighted by Gasteiger charge is 2.31. The summed E-state index contributed by atoms with van der Waals surface area (Å²) in [6.45, 7) is 0.626. The highest BCUT2D eigenvalue weighted by molar-refractivity contribution is 9.10. The van der Waals surface area contributed by atoms with Crippen LogP contribution in [-0.4, -0.2) is 9.36 Å². The van der Waals surface area contributed by atoms with Gasteiger partial charge in [0, 0.05) is 7.05 Å². The van der Waals surface area contributed by atoms with Gasteiger partial charge in [-0.25, -0.2) is 4.68 Å². The molecule has 0 spiro atoms. The van der Waals surface area contributed by atoms with Crippen LogP contribution in [-0.2, 0) is 13.6 Å². The molecule has 0 amide bonds. The Labute approximate surface area is 114 Å². The SMILES string of the molecule is Cn1c(Br)c(C2CC2)c(=O)n1Cc1ccccc1. The van der Waals surface area contributed by atoms with Crippen molar-refractivity contribution in [1.82, 2.24) is 9.36 Å². The molecular formula is C14H15BrN2O. The van der Waals surface area contributed by atoms with Crippen molar-refractivity contribution in [3.63, 3.8) is 0 Å².